The Morgan fingerprint density at radius 3 is 2.28 bits per heavy atom. The van der Waals surface area contributed by atoms with Gasteiger partial charge < -0.3 is 15.6 Å². The first kappa shape index (κ1) is 22.8. The van der Waals surface area contributed by atoms with Crippen molar-refractivity contribution in [2.45, 2.75) is 52.8 Å². The molecule has 1 aromatic carbocycles. The van der Waals surface area contributed by atoms with Crippen LogP contribution in [0.1, 0.15) is 45.7 Å². The lowest BCUT2D eigenvalue weighted by molar-refractivity contribution is -0.146. The first-order valence-corrected chi connectivity index (χ1v) is 10.2. The van der Waals surface area contributed by atoms with E-state index >= 15 is 0 Å². The molecule has 0 spiro atoms. The number of carboxylic acids is 1. The van der Waals surface area contributed by atoms with Crippen LogP contribution in [0.4, 0.5) is 4.79 Å². The van der Waals surface area contributed by atoms with E-state index in [0.717, 1.165) is 9.60 Å². The van der Waals surface area contributed by atoms with Gasteiger partial charge in [-0.15, -0.1) is 11.3 Å². The molecule has 0 saturated carbocycles. The number of aliphatic carboxylic acids is 1. The first-order chi connectivity index (χ1) is 13.5. The van der Waals surface area contributed by atoms with E-state index in [2.05, 4.69) is 4.98 Å². The number of para-hydroxylation sites is 1. The van der Waals surface area contributed by atoms with E-state index in [4.69, 9.17) is 10.5 Å². The highest BCUT2D eigenvalue weighted by Crippen LogP contribution is 2.36. The minimum atomic E-state index is -1.16. The van der Waals surface area contributed by atoms with Crippen LogP contribution in [0.2, 0.25) is 0 Å². The predicted octanol–water partition coefficient (Wildman–Crippen LogP) is 3.42. The number of carbonyl (C=O) groups is 3. The van der Waals surface area contributed by atoms with Crippen LogP contribution in [0.5, 0.6) is 0 Å². The number of carbonyl (C=O) groups excluding carboxylic acids is 2. The first-order valence-electron chi connectivity index (χ1n) is 9.42. The maximum absolute atomic E-state index is 13.1. The molecule has 0 aliphatic rings. The smallest absolute Gasteiger partial charge is 0.417 e. The SMILES string of the molecule is CC(C)OC(=O)N(C(=O)[C@@H](N)C(C)C)C(c1nc2ccccc2s1)C(C)C(=O)O. The summed E-state index contributed by atoms with van der Waals surface area (Å²) in [5.74, 6) is -3.22. The zero-order valence-electron chi connectivity index (χ0n) is 17.2. The lowest BCUT2D eigenvalue weighted by Gasteiger charge is -2.33. The van der Waals surface area contributed by atoms with E-state index in [-0.39, 0.29) is 5.92 Å². The van der Waals surface area contributed by atoms with Gasteiger partial charge in [0.25, 0.3) is 0 Å². The maximum Gasteiger partial charge on any atom is 0.417 e. The van der Waals surface area contributed by atoms with Crippen LogP contribution >= 0.6 is 11.3 Å². The van der Waals surface area contributed by atoms with Gasteiger partial charge in [0.15, 0.2) is 0 Å². The lowest BCUT2D eigenvalue weighted by atomic mass is 9.98. The molecule has 8 nitrogen and oxygen atoms in total. The molecule has 3 N–H and O–H groups in total. The number of ether oxygens (including phenoxy) is 1. The van der Waals surface area contributed by atoms with Crippen molar-refractivity contribution < 1.29 is 24.2 Å². The van der Waals surface area contributed by atoms with Crippen LogP contribution in [0, 0.1) is 11.8 Å². The van der Waals surface area contributed by atoms with Crippen molar-refractivity contribution in [2.75, 3.05) is 0 Å². The molecule has 0 radical (unpaired) electrons. The second kappa shape index (κ2) is 9.32. The Morgan fingerprint density at radius 2 is 1.76 bits per heavy atom. The minimum absolute atomic E-state index is 0.256. The van der Waals surface area contributed by atoms with E-state index in [0.29, 0.717) is 10.5 Å². The molecule has 0 aliphatic carbocycles. The van der Waals surface area contributed by atoms with E-state index in [1.807, 2.05) is 18.2 Å². The monoisotopic (exact) mass is 421 g/mol. The van der Waals surface area contributed by atoms with Crippen molar-refractivity contribution in [3.05, 3.63) is 29.3 Å². The number of thiazole rings is 1. The number of hydrogen-bond donors (Lipinski definition) is 2. The van der Waals surface area contributed by atoms with E-state index < -0.39 is 42.1 Å². The molecule has 2 rings (SSSR count). The summed E-state index contributed by atoms with van der Waals surface area (Å²) in [4.78, 5) is 43.2. The van der Waals surface area contributed by atoms with Crippen LogP contribution in [-0.2, 0) is 14.3 Å². The average molecular weight is 422 g/mol. The van der Waals surface area contributed by atoms with Crippen molar-refractivity contribution in [3.8, 4) is 0 Å². The van der Waals surface area contributed by atoms with Gasteiger partial charge in [-0.1, -0.05) is 26.0 Å². The number of hydrogen-bond acceptors (Lipinski definition) is 7. The third-order valence-corrected chi connectivity index (χ3v) is 5.59. The summed E-state index contributed by atoms with van der Waals surface area (Å²) in [5, 5.41) is 10.0. The van der Waals surface area contributed by atoms with Gasteiger partial charge in [-0.05, 0) is 38.8 Å². The molecule has 0 bridgehead atoms. The summed E-state index contributed by atoms with van der Waals surface area (Å²) < 4.78 is 6.09. The van der Waals surface area contributed by atoms with Gasteiger partial charge in [0, 0.05) is 0 Å². The van der Waals surface area contributed by atoms with Gasteiger partial charge in [-0.25, -0.2) is 14.7 Å². The predicted molar refractivity (Wildman–Crippen MR) is 110 cm³/mol. The summed E-state index contributed by atoms with van der Waals surface area (Å²) in [6, 6.07) is 5.14. The Balaban J connectivity index is 2.63. The fraction of sp³-hybridized carbons (Fsp3) is 0.500. The highest BCUT2D eigenvalue weighted by Gasteiger charge is 2.43. The van der Waals surface area contributed by atoms with Crippen molar-refractivity contribution in [3.63, 3.8) is 0 Å². The number of imide groups is 1. The molecule has 1 heterocycles. The highest BCUT2D eigenvalue weighted by atomic mass is 32.1. The topological polar surface area (TPSA) is 123 Å². The number of rotatable bonds is 7. The van der Waals surface area contributed by atoms with Gasteiger partial charge in [-0.2, -0.15) is 0 Å². The van der Waals surface area contributed by atoms with E-state index in [9.17, 15) is 19.5 Å². The third-order valence-electron chi connectivity index (χ3n) is 4.48. The zero-order chi connectivity index (χ0) is 21.9. The molecule has 2 amide bonds. The van der Waals surface area contributed by atoms with Crippen molar-refractivity contribution in [1.29, 1.82) is 0 Å². The van der Waals surface area contributed by atoms with Crippen LogP contribution < -0.4 is 5.73 Å². The van der Waals surface area contributed by atoms with E-state index in [1.54, 1.807) is 33.8 Å². The van der Waals surface area contributed by atoms with Crippen LogP contribution in [-0.4, -0.2) is 45.1 Å². The highest BCUT2D eigenvalue weighted by molar-refractivity contribution is 7.18. The molecule has 2 unspecified atom stereocenters. The van der Waals surface area contributed by atoms with E-state index in [1.165, 1.54) is 18.3 Å². The second-order valence-corrected chi connectivity index (χ2v) is 8.56. The number of aromatic nitrogens is 1. The molecule has 2 aromatic rings. The molecular formula is C20H27N3O5S. The summed E-state index contributed by atoms with van der Waals surface area (Å²) in [6.45, 7) is 8.24. The maximum atomic E-state index is 13.1. The number of carboxylic acid groups (broad SMARTS) is 1. The lowest BCUT2D eigenvalue weighted by Crippen LogP contribution is -2.52. The summed E-state index contributed by atoms with van der Waals surface area (Å²) in [7, 11) is 0. The molecule has 0 aliphatic heterocycles. The Morgan fingerprint density at radius 1 is 1.14 bits per heavy atom. The number of nitrogens with zero attached hydrogens (tertiary/aromatic N) is 2. The molecule has 158 valence electrons. The van der Waals surface area contributed by atoms with Gasteiger partial charge in [0.05, 0.1) is 28.3 Å². The normalized spacial score (nSPS) is 14.6. The second-order valence-electron chi connectivity index (χ2n) is 7.50. The Kier molecular flexibility index (Phi) is 7.32. The molecule has 3 atom stereocenters. The van der Waals surface area contributed by atoms with Gasteiger partial charge >= 0.3 is 12.1 Å². The van der Waals surface area contributed by atoms with Crippen LogP contribution in [0.25, 0.3) is 10.2 Å². The summed E-state index contributed by atoms with van der Waals surface area (Å²) in [6.07, 6.45) is -1.43. The van der Waals surface area contributed by atoms with Gasteiger partial charge in [-0.3, -0.25) is 9.59 Å². The average Bonchev–Trinajstić information content (AvgIpc) is 3.06. The molecule has 9 heteroatoms. The molecule has 29 heavy (non-hydrogen) atoms. The molecule has 1 aromatic heterocycles. The van der Waals surface area contributed by atoms with Gasteiger partial charge in [0.2, 0.25) is 5.91 Å². The van der Waals surface area contributed by atoms with Crippen molar-refractivity contribution >= 4 is 39.5 Å². The number of amides is 2. The van der Waals surface area contributed by atoms with Crippen molar-refractivity contribution in [1.82, 2.24) is 9.88 Å². The summed E-state index contributed by atoms with van der Waals surface area (Å²) >= 11 is 1.24. The van der Waals surface area contributed by atoms with Crippen LogP contribution in [0.15, 0.2) is 24.3 Å². The fourth-order valence-corrected chi connectivity index (χ4v) is 3.91. The largest absolute Gasteiger partial charge is 0.481 e. The molecule has 0 saturated heterocycles. The Bertz CT molecular complexity index is 862. The van der Waals surface area contributed by atoms with Gasteiger partial charge in [0.1, 0.15) is 11.0 Å². The Labute approximate surface area is 173 Å². The summed E-state index contributed by atoms with van der Waals surface area (Å²) in [5.41, 5.74) is 6.69. The molecular weight excluding hydrogens is 394 g/mol. The quantitative estimate of drug-likeness (QED) is 0.702. The minimum Gasteiger partial charge on any atom is -0.481 e. The Hall–Kier alpha value is -2.52. The van der Waals surface area contributed by atoms with Crippen LogP contribution in [0.3, 0.4) is 0 Å². The number of benzene rings is 1. The zero-order valence-corrected chi connectivity index (χ0v) is 18.0. The number of nitrogens with two attached hydrogens (primary N) is 1. The standard InChI is InChI=1S/C20H27N3O5S/c1-10(2)15(21)18(24)23(20(27)28-11(3)4)16(12(5)19(25)26)17-22-13-8-6-7-9-14(13)29-17/h6-12,15-16H,21H2,1-5H3,(H,25,26)/t12?,15-,16?/m0/s1. The fourth-order valence-electron chi connectivity index (χ4n) is 2.74. The van der Waals surface area contributed by atoms with Crippen molar-refractivity contribution in [2.24, 2.45) is 17.6 Å². The third kappa shape index (κ3) is 5.10. The molecule has 0 fully saturated rings. The number of fused-ring (bicyclic) bond motifs is 1.